The number of carbonyl (C=O) groups is 1. The summed E-state index contributed by atoms with van der Waals surface area (Å²) < 4.78 is 5.20. The number of carboxylic acids is 1. The number of carboxylic acid groups (broad SMARTS) is 1. The molecule has 0 aliphatic carbocycles. The molecule has 2 N–H and O–H groups in total. The van der Waals surface area contributed by atoms with E-state index in [1.54, 1.807) is 26.3 Å². The topological polar surface area (TPSA) is 71.5 Å². The van der Waals surface area contributed by atoms with Gasteiger partial charge in [-0.2, -0.15) is 0 Å². The molecule has 0 aromatic carbocycles. The monoisotopic (exact) mass is 262 g/mol. The molecule has 1 aromatic rings. The fourth-order valence-electron chi connectivity index (χ4n) is 1.60. The summed E-state index contributed by atoms with van der Waals surface area (Å²) in [5.74, 6) is -0.0144. The molecule has 19 heavy (non-hydrogen) atoms. The van der Waals surface area contributed by atoms with Crippen LogP contribution >= 0.6 is 0 Å². The highest BCUT2D eigenvalue weighted by molar-refractivity contribution is 5.93. The fourth-order valence-corrected chi connectivity index (χ4v) is 1.60. The van der Waals surface area contributed by atoms with Gasteiger partial charge in [0, 0.05) is 13.1 Å². The molecule has 102 valence electrons. The zero-order valence-corrected chi connectivity index (χ0v) is 11.5. The normalized spacial score (nSPS) is 11.7. The van der Waals surface area contributed by atoms with E-state index >= 15 is 0 Å². The Morgan fingerprint density at radius 1 is 1.53 bits per heavy atom. The van der Waals surface area contributed by atoms with Crippen molar-refractivity contribution in [2.24, 2.45) is 0 Å². The average Bonchev–Trinajstić information content (AvgIpc) is 2.39. The molecule has 0 bridgehead atoms. The van der Waals surface area contributed by atoms with E-state index in [-0.39, 0.29) is 5.56 Å². The summed E-state index contributed by atoms with van der Waals surface area (Å²) in [6.45, 7) is 3.70. The highest BCUT2D eigenvalue weighted by Gasteiger charge is 2.13. The summed E-state index contributed by atoms with van der Waals surface area (Å²) in [5.41, 5.74) is 1.60. The predicted octanol–water partition coefficient (Wildman–Crippen LogP) is 2.69. The molecule has 0 atom stereocenters. The van der Waals surface area contributed by atoms with Crippen molar-refractivity contribution in [3.8, 4) is 0 Å². The van der Waals surface area contributed by atoms with Crippen molar-refractivity contribution in [1.82, 2.24) is 4.98 Å². The third-order valence-corrected chi connectivity index (χ3v) is 2.57. The summed E-state index contributed by atoms with van der Waals surface area (Å²) in [6.07, 6.45) is 5.43. The maximum Gasteiger partial charge on any atom is 0.339 e. The number of hydrogen-bond acceptors (Lipinski definition) is 4. The van der Waals surface area contributed by atoms with Crippen LogP contribution in [0, 0.1) is 6.92 Å². The van der Waals surface area contributed by atoms with Gasteiger partial charge in [-0.3, -0.25) is 0 Å². The van der Waals surface area contributed by atoms with E-state index in [1.807, 2.05) is 26.0 Å². The summed E-state index contributed by atoms with van der Waals surface area (Å²) in [7, 11) is 3.21. The Morgan fingerprint density at radius 2 is 2.21 bits per heavy atom. The number of nitrogens with zero attached hydrogens (tertiary/aromatic N) is 1. The van der Waals surface area contributed by atoms with Crippen LogP contribution in [0.5, 0.6) is 0 Å². The second-order valence-electron chi connectivity index (χ2n) is 3.89. The van der Waals surface area contributed by atoms with Crippen LogP contribution in [-0.4, -0.2) is 30.2 Å². The van der Waals surface area contributed by atoms with Crippen LogP contribution in [0.15, 0.2) is 24.0 Å². The van der Waals surface area contributed by atoms with Gasteiger partial charge in [-0.05, 0) is 31.6 Å². The molecule has 0 saturated heterocycles. The molecule has 0 saturated carbocycles. The Bertz CT molecular complexity index is 534. The van der Waals surface area contributed by atoms with Gasteiger partial charge in [0.05, 0.1) is 12.8 Å². The molecule has 0 fully saturated rings. The lowest BCUT2D eigenvalue weighted by Gasteiger charge is -2.09. The Kier molecular flexibility index (Phi) is 5.11. The highest BCUT2D eigenvalue weighted by atomic mass is 16.5. The van der Waals surface area contributed by atoms with E-state index in [4.69, 9.17) is 9.84 Å². The van der Waals surface area contributed by atoms with E-state index in [0.717, 1.165) is 5.56 Å². The van der Waals surface area contributed by atoms with Crippen LogP contribution in [0.25, 0.3) is 6.08 Å². The number of nitrogens with one attached hydrogen (secondary N) is 1. The second-order valence-corrected chi connectivity index (χ2v) is 3.89. The van der Waals surface area contributed by atoms with Crippen LogP contribution in [0.3, 0.4) is 0 Å². The van der Waals surface area contributed by atoms with Crippen molar-refractivity contribution in [3.05, 3.63) is 40.8 Å². The van der Waals surface area contributed by atoms with E-state index in [9.17, 15) is 4.79 Å². The predicted molar refractivity (Wildman–Crippen MR) is 75.3 cm³/mol. The third-order valence-electron chi connectivity index (χ3n) is 2.57. The van der Waals surface area contributed by atoms with E-state index in [2.05, 4.69) is 10.3 Å². The molecule has 0 radical (unpaired) electrons. The minimum atomic E-state index is -1.00. The van der Waals surface area contributed by atoms with E-state index in [1.165, 1.54) is 0 Å². The molecule has 1 aromatic heterocycles. The van der Waals surface area contributed by atoms with Crippen molar-refractivity contribution in [3.63, 3.8) is 0 Å². The molecule has 0 aliphatic rings. The van der Waals surface area contributed by atoms with Gasteiger partial charge >= 0.3 is 5.97 Å². The number of anilines is 1. The number of allylic oxidation sites excluding steroid dienone is 2. The highest BCUT2D eigenvalue weighted by Crippen LogP contribution is 2.19. The zero-order valence-electron chi connectivity index (χ0n) is 11.5. The van der Waals surface area contributed by atoms with E-state index < -0.39 is 5.97 Å². The first kappa shape index (κ1) is 14.8. The summed E-state index contributed by atoms with van der Waals surface area (Å²) >= 11 is 0. The summed E-state index contributed by atoms with van der Waals surface area (Å²) in [6, 6.07) is 1.59. The van der Waals surface area contributed by atoms with Gasteiger partial charge in [0.25, 0.3) is 0 Å². The number of pyridine rings is 1. The first-order chi connectivity index (χ1) is 9.03. The summed E-state index contributed by atoms with van der Waals surface area (Å²) in [5, 5.41) is 11.9. The first-order valence-corrected chi connectivity index (χ1v) is 5.84. The first-order valence-electron chi connectivity index (χ1n) is 5.84. The van der Waals surface area contributed by atoms with Crippen molar-refractivity contribution in [1.29, 1.82) is 0 Å². The Balaban J connectivity index is 3.34. The molecule has 5 nitrogen and oxygen atoms in total. The molecule has 0 amide bonds. The molecule has 0 unspecified atom stereocenters. The van der Waals surface area contributed by atoms with Crippen LogP contribution in [0.1, 0.15) is 28.5 Å². The largest absolute Gasteiger partial charge is 0.497 e. The molecule has 0 aliphatic heterocycles. The van der Waals surface area contributed by atoms with Gasteiger partial charge in [-0.1, -0.05) is 6.08 Å². The van der Waals surface area contributed by atoms with E-state index in [0.29, 0.717) is 17.3 Å². The average molecular weight is 262 g/mol. The van der Waals surface area contributed by atoms with Gasteiger partial charge in [0.1, 0.15) is 17.1 Å². The lowest BCUT2D eigenvalue weighted by Crippen LogP contribution is -2.07. The number of aryl methyl sites for hydroxylation is 1. The molecule has 1 rings (SSSR count). The minimum Gasteiger partial charge on any atom is -0.497 e. The number of ether oxygens (including phenoxy) is 1. The molecule has 1 heterocycles. The lowest BCUT2D eigenvalue weighted by atomic mass is 10.1. The minimum absolute atomic E-state index is 0.155. The Hall–Kier alpha value is -2.30. The molecular weight excluding hydrogens is 244 g/mol. The third kappa shape index (κ3) is 3.58. The Morgan fingerprint density at radius 3 is 2.68 bits per heavy atom. The molecule has 0 spiro atoms. The van der Waals surface area contributed by atoms with Crippen LogP contribution in [-0.2, 0) is 4.74 Å². The van der Waals surface area contributed by atoms with Gasteiger partial charge in [0.2, 0.25) is 0 Å². The maximum atomic E-state index is 11.1. The smallest absolute Gasteiger partial charge is 0.339 e. The van der Waals surface area contributed by atoms with Crippen molar-refractivity contribution < 1.29 is 14.6 Å². The van der Waals surface area contributed by atoms with Gasteiger partial charge < -0.3 is 15.2 Å². The maximum absolute atomic E-state index is 11.1. The summed E-state index contributed by atoms with van der Waals surface area (Å²) in [4.78, 5) is 15.4. The number of hydrogen-bond donors (Lipinski definition) is 2. The fraction of sp³-hybridized carbons (Fsp3) is 0.286. The molecule has 5 heteroatoms. The number of methoxy groups -OCH3 is 1. The number of aromatic carboxylic acids is 1. The van der Waals surface area contributed by atoms with Crippen molar-refractivity contribution in [2.75, 3.05) is 19.5 Å². The quantitative estimate of drug-likeness (QED) is 0.630. The SMILES string of the molecule is C/C=C\C(=C/c1nc(NC)c(C(=O)O)cc1C)OC. The van der Waals surface area contributed by atoms with Gasteiger partial charge in [-0.15, -0.1) is 0 Å². The lowest BCUT2D eigenvalue weighted by molar-refractivity contribution is 0.0697. The standard InChI is InChI=1S/C14H18N2O3/c1-5-6-10(19-4)8-12-9(2)7-11(14(17)18)13(15-3)16-12/h5-8H,1-4H3,(H,15,16)(H,17,18)/b6-5-,10-8+. The number of aromatic nitrogens is 1. The van der Waals surface area contributed by atoms with Crippen LogP contribution in [0.2, 0.25) is 0 Å². The van der Waals surface area contributed by atoms with Gasteiger partial charge in [0.15, 0.2) is 0 Å². The van der Waals surface area contributed by atoms with Crippen molar-refractivity contribution in [2.45, 2.75) is 13.8 Å². The second kappa shape index (κ2) is 6.58. The van der Waals surface area contributed by atoms with Crippen LogP contribution < -0.4 is 5.32 Å². The van der Waals surface area contributed by atoms with Crippen LogP contribution in [0.4, 0.5) is 5.82 Å². The van der Waals surface area contributed by atoms with Crippen molar-refractivity contribution >= 4 is 17.9 Å². The molecular formula is C14H18N2O3. The van der Waals surface area contributed by atoms with Gasteiger partial charge in [-0.25, -0.2) is 9.78 Å². The number of rotatable bonds is 5. The Labute approximate surface area is 112 Å². The zero-order chi connectivity index (χ0) is 14.4.